The van der Waals surface area contributed by atoms with Crippen LogP contribution in [-0.4, -0.2) is 36.7 Å². The first kappa shape index (κ1) is 13.2. The molecule has 0 aromatic heterocycles. The summed E-state index contributed by atoms with van der Waals surface area (Å²) in [5, 5.41) is 2.97. The van der Waals surface area contributed by atoms with Crippen molar-refractivity contribution in [1.82, 2.24) is 5.32 Å². The van der Waals surface area contributed by atoms with Crippen molar-refractivity contribution in [2.75, 3.05) is 20.1 Å². The topological polar surface area (TPSA) is 29.1 Å². The van der Waals surface area contributed by atoms with E-state index < -0.39 is 0 Å². The molecule has 0 saturated carbocycles. The van der Waals surface area contributed by atoms with Gasteiger partial charge in [0, 0.05) is 6.42 Å². The summed E-state index contributed by atoms with van der Waals surface area (Å²) in [6.45, 7) is 11.9. The summed E-state index contributed by atoms with van der Waals surface area (Å²) in [5.41, 5.74) is 0. The van der Waals surface area contributed by atoms with E-state index in [2.05, 4.69) is 39.7 Å². The number of carbonyl (C=O) groups excluding carboxylic acids is 1. The average Bonchev–Trinajstić information content (AvgIpc) is 2.24. The summed E-state index contributed by atoms with van der Waals surface area (Å²) < 4.78 is 0.871. The van der Waals surface area contributed by atoms with Gasteiger partial charge in [0.1, 0.15) is 0 Å². The molecule has 0 saturated heterocycles. The molecule has 0 spiro atoms. The predicted molar refractivity (Wildman–Crippen MR) is 59.7 cm³/mol. The van der Waals surface area contributed by atoms with Crippen molar-refractivity contribution in [3.63, 3.8) is 0 Å². The van der Waals surface area contributed by atoms with Gasteiger partial charge in [-0.2, -0.15) is 0 Å². The zero-order valence-corrected chi connectivity index (χ0v) is 9.84. The SMILES string of the molecule is C=CC(=O)NC(CC)[N+](C)(CC)CC. The Morgan fingerprint density at radius 3 is 2.21 bits per heavy atom. The summed E-state index contributed by atoms with van der Waals surface area (Å²) in [7, 11) is 2.16. The third kappa shape index (κ3) is 3.14. The van der Waals surface area contributed by atoms with Crippen LogP contribution in [0.1, 0.15) is 27.2 Å². The van der Waals surface area contributed by atoms with Crippen molar-refractivity contribution < 1.29 is 9.28 Å². The molecule has 1 unspecified atom stereocenters. The van der Waals surface area contributed by atoms with Crippen molar-refractivity contribution in [2.24, 2.45) is 0 Å². The maximum atomic E-state index is 11.2. The highest BCUT2D eigenvalue weighted by Gasteiger charge is 2.28. The molecule has 1 atom stereocenters. The lowest BCUT2D eigenvalue weighted by Gasteiger charge is -2.39. The fourth-order valence-electron chi connectivity index (χ4n) is 1.59. The molecule has 0 aromatic carbocycles. The predicted octanol–water partition coefficient (Wildman–Crippen LogP) is 1.51. The zero-order valence-electron chi connectivity index (χ0n) is 9.84. The minimum atomic E-state index is -0.0805. The van der Waals surface area contributed by atoms with E-state index in [9.17, 15) is 4.79 Å². The molecule has 0 aliphatic heterocycles. The molecule has 0 radical (unpaired) electrons. The van der Waals surface area contributed by atoms with Crippen LogP contribution in [0.15, 0.2) is 12.7 Å². The molecular weight excluding hydrogens is 176 g/mol. The maximum Gasteiger partial charge on any atom is 0.247 e. The van der Waals surface area contributed by atoms with E-state index >= 15 is 0 Å². The molecule has 1 N–H and O–H groups in total. The number of hydrogen-bond donors (Lipinski definition) is 1. The lowest BCUT2D eigenvalue weighted by Crippen LogP contribution is -2.59. The van der Waals surface area contributed by atoms with Gasteiger partial charge in [-0.05, 0) is 19.9 Å². The molecule has 0 aromatic rings. The molecule has 14 heavy (non-hydrogen) atoms. The van der Waals surface area contributed by atoms with Crippen LogP contribution in [0.2, 0.25) is 0 Å². The van der Waals surface area contributed by atoms with Crippen molar-refractivity contribution in [2.45, 2.75) is 33.4 Å². The molecule has 1 amide bonds. The highest BCUT2D eigenvalue weighted by molar-refractivity contribution is 5.86. The first-order chi connectivity index (χ1) is 6.53. The number of amides is 1. The minimum Gasteiger partial charge on any atom is -0.307 e. The summed E-state index contributed by atoms with van der Waals surface area (Å²) >= 11 is 0. The molecule has 0 bridgehead atoms. The van der Waals surface area contributed by atoms with Gasteiger partial charge in [-0.3, -0.25) is 4.79 Å². The van der Waals surface area contributed by atoms with Gasteiger partial charge in [0.05, 0.1) is 20.1 Å². The second-order valence-electron chi connectivity index (χ2n) is 3.75. The molecule has 3 heteroatoms. The van der Waals surface area contributed by atoms with Gasteiger partial charge < -0.3 is 9.80 Å². The maximum absolute atomic E-state index is 11.2. The first-order valence-electron chi connectivity index (χ1n) is 5.31. The van der Waals surface area contributed by atoms with Gasteiger partial charge in [-0.1, -0.05) is 13.5 Å². The summed E-state index contributed by atoms with van der Waals surface area (Å²) in [6.07, 6.45) is 2.46. The van der Waals surface area contributed by atoms with Gasteiger partial charge >= 0.3 is 0 Å². The van der Waals surface area contributed by atoms with E-state index in [1.165, 1.54) is 6.08 Å². The smallest absolute Gasteiger partial charge is 0.247 e. The van der Waals surface area contributed by atoms with Crippen LogP contribution >= 0.6 is 0 Å². The Labute approximate surface area is 87.4 Å². The van der Waals surface area contributed by atoms with Crippen molar-refractivity contribution in [3.05, 3.63) is 12.7 Å². The second kappa shape index (κ2) is 5.81. The van der Waals surface area contributed by atoms with Crippen molar-refractivity contribution in [3.8, 4) is 0 Å². The first-order valence-corrected chi connectivity index (χ1v) is 5.31. The van der Waals surface area contributed by atoms with Crippen molar-refractivity contribution >= 4 is 5.91 Å². The third-order valence-corrected chi connectivity index (χ3v) is 3.08. The van der Waals surface area contributed by atoms with Crippen LogP contribution in [-0.2, 0) is 4.79 Å². The second-order valence-corrected chi connectivity index (χ2v) is 3.75. The Morgan fingerprint density at radius 2 is 1.93 bits per heavy atom. The van der Waals surface area contributed by atoms with Crippen LogP contribution in [0.3, 0.4) is 0 Å². The summed E-state index contributed by atoms with van der Waals surface area (Å²) in [6, 6.07) is 0. The van der Waals surface area contributed by atoms with Gasteiger partial charge in [-0.15, -0.1) is 0 Å². The molecule has 0 heterocycles. The Bertz CT molecular complexity index is 197. The summed E-state index contributed by atoms with van der Waals surface area (Å²) in [5.74, 6) is -0.0805. The van der Waals surface area contributed by atoms with Crippen LogP contribution in [0.4, 0.5) is 0 Å². The Hall–Kier alpha value is -0.830. The molecule has 0 aliphatic carbocycles. The highest BCUT2D eigenvalue weighted by Crippen LogP contribution is 2.10. The normalized spacial score (nSPS) is 13.4. The molecule has 0 rings (SSSR count). The number of nitrogens with zero attached hydrogens (tertiary/aromatic N) is 1. The van der Waals surface area contributed by atoms with Crippen molar-refractivity contribution in [1.29, 1.82) is 0 Å². The fourth-order valence-corrected chi connectivity index (χ4v) is 1.59. The van der Waals surface area contributed by atoms with E-state index in [1.807, 2.05) is 0 Å². The van der Waals surface area contributed by atoms with Gasteiger partial charge in [0.15, 0.2) is 6.17 Å². The van der Waals surface area contributed by atoms with E-state index in [1.54, 1.807) is 0 Å². The molecular formula is C11H23N2O+. The van der Waals surface area contributed by atoms with E-state index in [-0.39, 0.29) is 12.1 Å². The van der Waals surface area contributed by atoms with Gasteiger partial charge in [0.25, 0.3) is 0 Å². The number of quaternary nitrogens is 1. The Kier molecular flexibility index (Phi) is 5.46. The highest BCUT2D eigenvalue weighted by atomic mass is 16.1. The fraction of sp³-hybridized carbons (Fsp3) is 0.727. The van der Waals surface area contributed by atoms with Gasteiger partial charge in [0.2, 0.25) is 5.91 Å². The van der Waals surface area contributed by atoms with Crippen LogP contribution in [0.5, 0.6) is 0 Å². The number of carbonyl (C=O) groups is 1. The molecule has 0 aliphatic rings. The quantitative estimate of drug-likeness (QED) is 0.392. The lowest BCUT2D eigenvalue weighted by molar-refractivity contribution is -0.932. The molecule has 82 valence electrons. The van der Waals surface area contributed by atoms with E-state index in [4.69, 9.17) is 0 Å². The zero-order chi connectivity index (χ0) is 11.2. The third-order valence-electron chi connectivity index (χ3n) is 3.08. The van der Waals surface area contributed by atoms with Crippen LogP contribution in [0, 0.1) is 0 Å². The van der Waals surface area contributed by atoms with E-state index in [0.29, 0.717) is 0 Å². The van der Waals surface area contributed by atoms with Crippen LogP contribution in [0.25, 0.3) is 0 Å². The molecule has 3 nitrogen and oxygen atoms in total. The number of rotatable bonds is 6. The monoisotopic (exact) mass is 199 g/mol. The minimum absolute atomic E-state index is 0.0805. The Balaban J connectivity index is 4.52. The van der Waals surface area contributed by atoms with Crippen LogP contribution < -0.4 is 5.32 Å². The summed E-state index contributed by atoms with van der Waals surface area (Å²) in [4.78, 5) is 11.2. The van der Waals surface area contributed by atoms with E-state index in [0.717, 1.165) is 24.0 Å². The average molecular weight is 199 g/mol. The van der Waals surface area contributed by atoms with Gasteiger partial charge in [-0.25, -0.2) is 0 Å². The number of nitrogens with one attached hydrogen (secondary N) is 1. The lowest BCUT2D eigenvalue weighted by atomic mass is 10.2. The molecule has 0 fully saturated rings. The largest absolute Gasteiger partial charge is 0.307 e. The number of hydrogen-bond acceptors (Lipinski definition) is 1. The standard InChI is InChI=1S/C11H22N2O/c1-6-10(12-11(14)7-2)13(5,8-3)9-4/h7,10H,2,6,8-9H2,1,3-5H3/p+1. The Morgan fingerprint density at radius 1 is 1.43 bits per heavy atom.